The summed E-state index contributed by atoms with van der Waals surface area (Å²) in [6, 6.07) is 14.3. The molecule has 5 nitrogen and oxygen atoms in total. The highest BCUT2D eigenvalue weighted by Crippen LogP contribution is 2.39. The minimum atomic E-state index is -0.780. The van der Waals surface area contributed by atoms with Crippen LogP contribution in [0.2, 0.25) is 0 Å². The van der Waals surface area contributed by atoms with Gasteiger partial charge < -0.3 is 5.11 Å². The number of carbonyl (C=O) groups excluding carboxylic acids is 3. The highest BCUT2D eigenvalue weighted by molar-refractivity contribution is 6.07. The number of aromatic hydroxyl groups is 1. The average Bonchev–Trinajstić information content (AvgIpc) is 2.68. The molecule has 4 rings (SSSR count). The summed E-state index contributed by atoms with van der Waals surface area (Å²) in [6.45, 7) is 0. The van der Waals surface area contributed by atoms with Crippen LogP contribution in [-0.2, 0) is 21.4 Å². The van der Waals surface area contributed by atoms with Crippen LogP contribution < -0.4 is 5.32 Å². The minimum absolute atomic E-state index is 0.0757. The van der Waals surface area contributed by atoms with Gasteiger partial charge in [-0.05, 0) is 61.1 Å². The lowest BCUT2D eigenvalue weighted by atomic mass is 9.69. The van der Waals surface area contributed by atoms with Crippen LogP contribution in [-0.4, -0.2) is 22.7 Å². The van der Waals surface area contributed by atoms with Crippen LogP contribution in [0.3, 0.4) is 0 Å². The standard InChI is InChI=1S/C23H21NO4/c25-18-6-7-19-16(14-18)12-15(13-20(19)26)8-10-23(17-4-2-1-3-5-17)11-9-21(27)24-22(23)28/h1-7,13-14,25H,8-12H2,(H,24,27,28)/t23-/m0/s1. The summed E-state index contributed by atoms with van der Waals surface area (Å²) >= 11 is 0. The van der Waals surface area contributed by atoms with Crippen molar-refractivity contribution >= 4 is 17.6 Å². The summed E-state index contributed by atoms with van der Waals surface area (Å²) in [5, 5.41) is 12.2. The second-order valence-corrected chi connectivity index (χ2v) is 7.51. The van der Waals surface area contributed by atoms with Crippen molar-refractivity contribution in [1.82, 2.24) is 5.32 Å². The van der Waals surface area contributed by atoms with Gasteiger partial charge in [0.05, 0.1) is 5.41 Å². The summed E-state index contributed by atoms with van der Waals surface area (Å²) in [6.07, 6.45) is 4.06. The molecule has 1 fully saturated rings. The number of hydrogen-bond acceptors (Lipinski definition) is 4. The number of phenolic OH excluding ortho intramolecular Hbond substituents is 1. The van der Waals surface area contributed by atoms with E-state index >= 15 is 0 Å². The van der Waals surface area contributed by atoms with E-state index < -0.39 is 5.41 Å². The summed E-state index contributed by atoms with van der Waals surface area (Å²) < 4.78 is 0. The second kappa shape index (κ2) is 7.08. The molecule has 1 aliphatic heterocycles. The van der Waals surface area contributed by atoms with E-state index in [4.69, 9.17) is 0 Å². The normalized spacial score (nSPS) is 21.7. The smallest absolute Gasteiger partial charge is 0.237 e. The van der Waals surface area contributed by atoms with Crippen LogP contribution >= 0.6 is 0 Å². The number of rotatable bonds is 4. The number of imide groups is 1. The Morgan fingerprint density at radius 1 is 1.04 bits per heavy atom. The Balaban J connectivity index is 1.60. The molecule has 2 aromatic carbocycles. The molecule has 2 aromatic rings. The molecule has 0 saturated carbocycles. The zero-order valence-corrected chi connectivity index (χ0v) is 15.4. The zero-order chi connectivity index (χ0) is 19.7. The Morgan fingerprint density at radius 3 is 2.57 bits per heavy atom. The molecule has 0 aromatic heterocycles. The SMILES string of the molecule is O=C1CC[C@@](CCC2=CC(=O)c3ccc(O)cc3C2)(c2ccccc2)C(=O)N1. The summed E-state index contributed by atoms with van der Waals surface area (Å²) in [5.41, 5.74) is 2.46. The minimum Gasteiger partial charge on any atom is -0.508 e. The molecule has 5 heteroatoms. The summed E-state index contributed by atoms with van der Waals surface area (Å²) in [7, 11) is 0. The van der Waals surface area contributed by atoms with E-state index in [1.54, 1.807) is 18.2 Å². The molecule has 28 heavy (non-hydrogen) atoms. The largest absolute Gasteiger partial charge is 0.508 e. The van der Waals surface area contributed by atoms with Gasteiger partial charge in [-0.2, -0.15) is 0 Å². The molecule has 1 saturated heterocycles. The lowest BCUT2D eigenvalue weighted by molar-refractivity contribution is -0.138. The van der Waals surface area contributed by atoms with Crippen molar-refractivity contribution in [2.45, 2.75) is 37.5 Å². The Kier molecular flexibility index (Phi) is 4.59. The van der Waals surface area contributed by atoms with Gasteiger partial charge in [0.2, 0.25) is 11.8 Å². The van der Waals surface area contributed by atoms with Gasteiger partial charge in [0.25, 0.3) is 0 Å². The van der Waals surface area contributed by atoms with Gasteiger partial charge in [-0.1, -0.05) is 35.9 Å². The third-order valence-corrected chi connectivity index (χ3v) is 5.77. The maximum Gasteiger partial charge on any atom is 0.237 e. The number of piperidine rings is 1. The number of ketones is 1. The Hall–Kier alpha value is -3.21. The van der Waals surface area contributed by atoms with Crippen molar-refractivity contribution in [3.05, 3.63) is 76.9 Å². The van der Waals surface area contributed by atoms with Gasteiger partial charge in [0.15, 0.2) is 5.78 Å². The number of benzene rings is 2. The van der Waals surface area contributed by atoms with E-state index in [-0.39, 0.29) is 23.3 Å². The molecule has 2 amide bonds. The Morgan fingerprint density at radius 2 is 1.82 bits per heavy atom. The summed E-state index contributed by atoms with van der Waals surface area (Å²) in [4.78, 5) is 37.0. The fourth-order valence-corrected chi connectivity index (χ4v) is 4.22. The first kappa shape index (κ1) is 18.2. The molecule has 0 spiro atoms. The van der Waals surface area contributed by atoms with Crippen LogP contribution in [0.1, 0.15) is 47.2 Å². The van der Waals surface area contributed by atoms with Gasteiger partial charge in [-0.15, -0.1) is 0 Å². The van der Waals surface area contributed by atoms with Crippen LogP contribution in [0.4, 0.5) is 0 Å². The molecule has 1 aliphatic carbocycles. The number of nitrogens with one attached hydrogen (secondary N) is 1. The highest BCUT2D eigenvalue weighted by Gasteiger charge is 2.43. The van der Waals surface area contributed by atoms with Crippen molar-refractivity contribution in [2.75, 3.05) is 0 Å². The topological polar surface area (TPSA) is 83.5 Å². The van der Waals surface area contributed by atoms with E-state index in [1.165, 1.54) is 6.07 Å². The number of carbonyl (C=O) groups is 3. The number of amides is 2. The number of fused-ring (bicyclic) bond motifs is 1. The van der Waals surface area contributed by atoms with Gasteiger partial charge in [0, 0.05) is 12.0 Å². The zero-order valence-electron chi connectivity index (χ0n) is 15.4. The average molecular weight is 375 g/mol. The Labute approximate surface area is 163 Å². The van der Waals surface area contributed by atoms with Crippen LogP contribution in [0, 0.1) is 0 Å². The predicted octanol–water partition coefficient (Wildman–Crippen LogP) is 3.21. The lowest BCUT2D eigenvalue weighted by Gasteiger charge is -2.36. The molecule has 2 N–H and O–H groups in total. The molecule has 1 heterocycles. The van der Waals surface area contributed by atoms with Gasteiger partial charge in [-0.3, -0.25) is 19.7 Å². The maximum atomic E-state index is 12.9. The van der Waals surface area contributed by atoms with E-state index in [1.807, 2.05) is 30.3 Å². The maximum absolute atomic E-state index is 12.9. The monoisotopic (exact) mass is 375 g/mol. The van der Waals surface area contributed by atoms with E-state index in [9.17, 15) is 19.5 Å². The predicted molar refractivity (Wildman–Crippen MR) is 104 cm³/mol. The van der Waals surface area contributed by atoms with E-state index in [0.717, 1.165) is 16.7 Å². The quantitative estimate of drug-likeness (QED) is 0.804. The number of phenols is 1. The molecule has 0 unspecified atom stereocenters. The molecule has 0 bridgehead atoms. The number of allylic oxidation sites excluding steroid dienone is 2. The first-order chi connectivity index (χ1) is 13.5. The van der Waals surface area contributed by atoms with E-state index in [2.05, 4.69) is 5.32 Å². The van der Waals surface area contributed by atoms with Crippen LogP contribution in [0.15, 0.2) is 60.2 Å². The molecule has 1 atom stereocenters. The van der Waals surface area contributed by atoms with Gasteiger partial charge in [-0.25, -0.2) is 0 Å². The van der Waals surface area contributed by atoms with Crippen molar-refractivity contribution in [3.63, 3.8) is 0 Å². The van der Waals surface area contributed by atoms with Crippen molar-refractivity contribution < 1.29 is 19.5 Å². The Bertz CT molecular complexity index is 993. The van der Waals surface area contributed by atoms with Crippen molar-refractivity contribution in [1.29, 1.82) is 0 Å². The van der Waals surface area contributed by atoms with E-state index in [0.29, 0.717) is 37.7 Å². The summed E-state index contributed by atoms with van der Waals surface area (Å²) in [5.74, 6) is -0.448. The molecule has 142 valence electrons. The lowest BCUT2D eigenvalue weighted by Crippen LogP contribution is -2.51. The number of hydrogen-bond donors (Lipinski definition) is 2. The van der Waals surface area contributed by atoms with Crippen molar-refractivity contribution in [3.8, 4) is 5.75 Å². The fourth-order valence-electron chi connectivity index (χ4n) is 4.22. The second-order valence-electron chi connectivity index (χ2n) is 7.51. The fraction of sp³-hybridized carbons (Fsp3) is 0.261. The first-order valence-corrected chi connectivity index (χ1v) is 9.43. The molecule has 2 aliphatic rings. The van der Waals surface area contributed by atoms with Crippen molar-refractivity contribution in [2.24, 2.45) is 0 Å². The molecule has 0 radical (unpaired) electrons. The first-order valence-electron chi connectivity index (χ1n) is 9.43. The third kappa shape index (κ3) is 3.24. The van der Waals surface area contributed by atoms with Crippen LogP contribution in [0.5, 0.6) is 5.75 Å². The third-order valence-electron chi connectivity index (χ3n) is 5.77. The highest BCUT2D eigenvalue weighted by atomic mass is 16.3. The molecular weight excluding hydrogens is 354 g/mol. The van der Waals surface area contributed by atoms with Crippen LogP contribution in [0.25, 0.3) is 0 Å². The van der Waals surface area contributed by atoms with Gasteiger partial charge in [0.1, 0.15) is 5.75 Å². The molecular formula is C23H21NO4. The van der Waals surface area contributed by atoms with Gasteiger partial charge >= 0.3 is 0 Å².